The Labute approximate surface area is 132 Å². The molecule has 0 saturated carbocycles. The van der Waals surface area contributed by atoms with E-state index in [-0.39, 0.29) is 17.6 Å². The lowest BCUT2D eigenvalue weighted by molar-refractivity contribution is -0.137. The Bertz CT molecular complexity index is 628. The van der Waals surface area contributed by atoms with Gasteiger partial charge in [-0.25, -0.2) is 4.68 Å². The number of carbonyl (C=O) groups is 2. The summed E-state index contributed by atoms with van der Waals surface area (Å²) in [5.74, 6) is 0.434. The van der Waals surface area contributed by atoms with Crippen LogP contribution in [0.1, 0.15) is 6.42 Å². The van der Waals surface area contributed by atoms with E-state index in [1.807, 2.05) is 30.3 Å². The van der Waals surface area contributed by atoms with Crippen molar-refractivity contribution >= 4 is 29.3 Å². The summed E-state index contributed by atoms with van der Waals surface area (Å²) in [5, 5.41) is 6.99. The molecule has 1 aromatic carbocycles. The summed E-state index contributed by atoms with van der Waals surface area (Å²) in [6.07, 6.45) is 3.69. The Hall–Kier alpha value is -2.28. The van der Waals surface area contributed by atoms with Crippen molar-refractivity contribution in [3.8, 4) is 5.69 Å². The molecule has 0 bridgehead atoms. The molecule has 0 aliphatic heterocycles. The molecule has 1 heterocycles. The van der Waals surface area contributed by atoms with Gasteiger partial charge in [-0.1, -0.05) is 18.2 Å². The van der Waals surface area contributed by atoms with Gasteiger partial charge < -0.3 is 10.1 Å². The Morgan fingerprint density at radius 2 is 2.09 bits per heavy atom. The number of ether oxygens (including phenoxy) is 1. The van der Waals surface area contributed by atoms with Crippen LogP contribution in [0, 0.1) is 0 Å². The third-order valence-corrected chi connectivity index (χ3v) is 3.74. The van der Waals surface area contributed by atoms with Crippen molar-refractivity contribution in [3.05, 3.63) is 42.7 Å². The van der Waals surface area contributed by atoms with E-state index in [9.17, 15) is 9.59 Å². The lowest BCUT2D eigenvalue weighted by atomic mass is 10.3. The first-order valence-electron chi connectivity index (χ1n) is 6.73. The zero-order chi connectivity index (χ0) is 15.8. The second-order valence-electron chi connectivity index (χ2n) is 4.44. The van der Waals surface area contributed by atoms with Crippen molar-refractivity contribution in [2.24, 2.45) is 0 Å². The maximum absolute atomic E-state index is 11.8. The number of para-hydroxylation sites is 1. The SMILES string of the molecule is COC(=O)CSCCC(=O)Nc1cnn(-c2ccccc2)c1. The van der Waals surface area contributed by atoms with Crippen LogP contribution < -0.4 is 5.32 Å². The fourth-order valence-corrected chi connectivity index (χ4v) is 2.47. The minimum atomic E-state index is -0.283. The van der Waals surface area contributed by atoms with Crippen molar-refractivity contribution in [3.63, 3.8) is 0 Å². The molecule has 1 aromatic heterocycles. The van der Waals surface area contributed by atoms with Crippen LogP contribution in [0.4, 0.5) is 5.69 Å². The summed E-state index contributed by atoms with van der Waals surface area (Å²) in [4.78, 5) is 22.7. The van der Waals surface area contributed by atoms with Crippen LogP contribution >= 0.6 is 11.8 Å². The Kier molecular flexibility index (Phi) is 6.02. The molecule has 116 valence electrons. The largest absolute Gasteiger partial charge is 0.468 e. The zero-order valence-electron chi connectivity index (χ0n) is 12.2. The zero-order valence-corrected chi connectivity index (χ0v) is 13.0. The van der Waals surface area contributed by atoms with Crippen molar-refractivity contribution in [2.75, 3.05) is 23.9 Å². The summed E-state index contributed by atoms with van der Waals surface area (Å²) >= 11 is 1.37. The Morgan fingerprint density at radius 3 is 2.82 bits per heavy atom. The molecule has 1 amide bonds. The molecular formula is C15H17N3O3S. The number of anilines is 1. The number of hydrogen-bond donors (Lipinski definition) is 1. The quantitative estimate of drug-likeness (QED) is 0.625. The van der Waals surface area contributed by atoms with Gasteiger partial charge in [-0.3, -0.25) is 9.59 Å². The van der Waals surface area contributed by atoms with Gasteiger partial charge in [0.05, 0.1) is 36.6 Å². The van der Waals surface area contributed by atoms with Gasteiger partial charge in [0.25, 0.3) is 0 Å². The molecule has 1 N–H and O–H groups in total. The van der Waals surface area contributed by atoms with Crippen LogP contribution in [0.25, 0.3) is 5.69 Å². The van der Waals surface area contributed by atoms with Gasteiger partial charge in [0.15, 0.2) is 0 Å². The molecule has 0 saturated heterocycles. The molecule has 22 heavy (non-hydrogen) atoms. The number of rotatable bonds is 7. The number of aromatic nitrogens is 2. The monoisotopic (exact) mass is 319 g/mol. The van der Waals surface area contributed by atoms with E-state index < -0.39 is 0 Å². The minimum absolute atomic E-state index is 0.107. The van der Waals surface area contributed by atoms with Crippen LogP contribution in [0.5, 0.6) is 0 Å². The predicted octanol–water partition coefficient (Wildman–Crippen LogP) is 2.11. The van der Waals surface area contributed by atoms with Crippen LogP contribution in [-0.4, -0.2) is 40.3 Å². The van der Waals surface area contributed by atoms with E-state index in [4.69, 9.17) is 0 Å². The third kappa shape index (κ3) is 4.92. The highest BCUT2D eigenvalue weighted by Gasteiger charge is 2.06. The second kappa shape index (κ2) is 8.23. The third-order valence-electron chi connectivity index (χ3n) is 2.81. The fourth-order valence-electron chi connectivity index (χ4n) is 1.71. The molecule has 7 heteroatoms. The molecule has 0 fully saturated rings. The number of nitrogens with one attached hydrogen (secondary N) is 1. The van der Waals surface area contributed by atoms with Crippen molar-refractivity contribution < 1.29 is 14.3 Å². The summed E-state index contributed by atoms with van der Waals surface area (Å²) in [6.45, 7) is 0. The summed E-state index contributed by atoms with van der Waals surface area (Å²) in [7, 11) is 1.35. The van der Waals surface area contributed by atoms with Gasteiger partial charge in [0.1, 0.15) is 0 Å². The molecule has 0 aliphatic rings. The number of thioether (sulfide) groups is 1. The fraction of sp³-hybridized carbons (Fsp3) is 0.267. The molecular weight excluding hydrogens is 302 g/mol. The molecule has 0 unspecified atom stereocenters. The standard InChI is InChI=1S/C15H17N3O3S/c1-21-15(20)11-22-8-7-14(19)17-12-9-16-18(10-12)13-5-3-2-4-6-13/h2-6,9-10H,7-8,11H2,1H3,(H,17,19). The van der Waals surface area contributed by atoms with Gasteiger partial charge in [-0.05, 0) is 12.1 Å². The van der Waals surface area contributed by atoms with Crippen LogP contribution in [0.2, 0.25) is 0 Å². The smallest absolute Gasteiger partial charge is 0.315 e. The number of nitrogens with zero attached hydrogens (tertiary/aromatic N) is 2. The maximum Gasteiger partial charge on any atom is 0.315 e. The maximum atomic E-state index is 11.8. The lowest BCUT2D eigenvalue weighted by Gasteiger charge is -2.02. The van der Waals surface area contributed by atoms with E-state index in [2.05, 4.69) is 15.2 Å². The Balaban J connectivity index is 1.78. The molecule has 6 nitrogen and oxygen atoms in total. The van der Waals surface area contributed by atoms with Gasteiger partial charge in [0, 0.05) is 12.2 Å². The van der Waals surface area contributed by atoms with E-state index in [0.717, 1.165) is 5.69 Å². The van der Waals surface area contributed by atoms with Crippen molar-refractivity contribution in [2.45, 2.75) is 6.42 Å². The molecule has 0 atom stereocenters. The topological polar surface area (TPSA) is 73.2 Å². The Morgan fingerprint density at radius 1 is 1.32 bits per heavy atom. The number of esters is 1. The van der Waals surface area contributed by atoms with Crippen LogP contribution in [-0.2, 0) is 14.3 Å². The first-order valence-corrected chi connectivity index (χ1v) is 7.89. The van der Waals surface area contributed by atoms with E-state index in [0.29, 0.717) is 17.9 Å². The first kappa shape index (κ1) is 16.1. The number of carbonyl (C=O) groups excluding carboxylic acids is 2. The lowest BCUT2D eigenvalue weighted by Crippen LogP contribution is -2.12. The highest BCUT2D eigenvalue weighted by atomic mass is 32.2. The molecule has 0 radical (unpaired) electrons. The second-order valence-corrected chi connectivity index (χ2v) is 5.54. The minimum Gasteiger partial charge on any atom is -0.468 e. The number of benzene rings is 1. The molecule has 0 aliphatic carbocycles. The number of amides is 1. The normalized spacial score (nSPS) is 10.2. The average molecular weight is 319 g/mol. The van der Waals surface area contributed by atoms with Crippen molar-refractivity contribution in [1.82, 2.24) is 9.78 Å². The predicted molar refractivity (Wildman–Crippen MR) is 86.2 cm³/mol. The highest BCUT2D eigenvalue weighted by Crippen LogP contribution is 2.12. The summed E-state index contributed by atoms with van der Waals surface area (Å²) in [6, 6.07) is 9.65. The average Bonchev–Trinajstić information content (AvgIpc) is 3.00. The number of methoxy groups -OCH3 is 1. The molecule has 2 rings (SSSR count). The summed E-state index contributed by atoms with van der Waals surface area (Å²) in [5.41, 5.74) is 1.57. The van der Waals surface area contributed by atoms with Gasteiger partial charge in [-0.2, -0.15) is 5.10 Å². The molecule has 2 aromatic rings. The first-order chi connectivity index (χ1) is 10.7. The van der Waals surface area contributed by atoms with E-state index >= 15 is 0 Å². The van der Waals surface area contributed by atoms with Gasteiger partial charge >= 0.3 is 5.97 Å². The van der Waals surface area contributed by atoms with Crippen molar-refractivity contribution in [1.29, 1.82) is 0 Å². The van der Waals surface area contributed by atoms with Gasteiger partial charge in [-0.15, -0.1) is 11.8 Å². The van der Waals surface area contributed by atoms with E-state index in [1.165, 1.54) is 18.9 Å². The summed E-state index contributed by atoms with van der Waals surface area (Å²) < 4.78 is 6.22. The van der Waals surface area contributed by atoms with Crippen LogP contribution in [0.15, 0.2) is 42.7 Å². The van der Waals surface area contributed by atoms with Gasteiger partial charge in [0.2, 0.25) is 5.91 Å². The highest BCUT2D eigenvalue weighted by molar-refractivity contribution is 7.99. The van der Waals surface area contributed by atoms with E-state index in [1.54, 1.807) is 17.1 Å². The molecule has 0 spiro atoms. The van der Waals surface area contributed by atoms with Crippen LogP contribution in [0.3, 0.4) is 0 Å². The number of hydrogen-bond acceptors (Lipinski definition) is 5.